The summed E-state index contributed by atoms with van der Waals surface area (Å²) in [5.41, 5.74) is 0.472. The number of likely N-dealkylation sites (N-methyl/N-ethyl adjacent to an activating group) is 1. The first kappa shape index (κ1) is 13.5. The molecule has 0 aromatic carbocycles. The number of carbonyl (C=O) groups excluding carboxylic acids is 1. The normalized spacial score (nSPS) is 20.0. The van der Waals surface area contributed by atoms with Gasteiger partial charge in [-0.15, -0.1) is 0 Å². The third-order valence-electron chi connectivity index (χ3n) is 3.36. The van der Waals surface area contributed by atoms with Gasteiger partial charge in [0.2, 0.25) is 0 Å². The highest BCUT2D eigenvalue weighted by atomic mass is 79.9. The molecule has 4 nitrogen and oxygen atoms in total. The highest BCUT2D eigenvalue weighted by Crippen LogP contribution is 2.15. The third kappa shape index (κ3) is 3.29. The molecule has 0 radical (unpaired) electrons. The molecule has 18 heavy (non-hydrogen) atoms. The van der Waals surface area contributed by atoms with Crippen molar-refractivity contribution in [2.24, 2.45) is 0 Å². The van der Waals surface area contributed by atoms with E-state index < -0.39 is 0 Å². The molecule has 0 spiro atoms. The molecule has 1 saturated heterocycles. The lowest BCUT2D eigenvalue weighted by Crippen LogP contribution is -2.40. The fourth-order valence-electron chi connectivity index (χ4n) is 2.35. The molecule has 1 aromatic rings. The molecule has 1 fully saturated rings. The van der Waals surface area contributed by atoms with Gasteiger partial charge in [-0.1, -0.05) is 6.92 Å². The maximum Gasteiger partial charge on any atom is 0.269 e. The lowest BCUT2D eigenvalue weighted by atomic mass is 10.2. The van der Waals surface area contributed by atoms with E-state index in [4.69, 9.17) is 0 Å². The summed E-state index contributed by atoms with van der Waals surface area (Å²) in [6.07, 6.45) is 4.04. The van der Waals surface area contributed by atoms with Gasteiger partial charge in [-0.3, -0.25) is 9.69 Å². The molecule has 98 valence electrons. The Kier molecular flexibility index (Phi) is 4.72. The average Bonchev–Trinajstić information content (AvgIpc) is 2.84. The molecule has 1 unspecified atom stereocenters. The van der Waals surface area contributed by atoms with Crippen molar-refractivity contribution in [3.8, 4) is 0 Å². The molecule has 2 rings (SSSR count). The van der Waals surface area contributed by atoms with Crippen LogP contribution in [0.4, 0.5) is 0 Å². The molecule has 1 amide bonds. The van der Waals surface area contributed by atoms with Crippen LogP contribution in [0.25, 0.3) is 0 Å². The fraction of sp³-hybridized carbons (Fsp3) is 0.538. The summed E-state index contributed by atoms with van der Waals surface area (Å²) in [5, 5.41) is 2.97. The molecule has 2 heterocycles. The number of likely N-dealkylation sites (tertiary alicyclic amines) is 1. The Bertz CT molecular complexity index is 407. The molecular weight excluding hydrogens is 294 g/mol. The number of hydrogen-bond donors (Lipinski definition) is 1. The molecule has 0 bridgehead atoms. The van der Waals surface area contributed by atoms with Gasteiger partial charge in [0.25, 0.3) is 5.91 Å². The first-order valence-electron chi connectivity index (χ1n) is 6.34. The van der Waals surface area contributed by atoms with Crippen molar-refractivity contribution >= 4 is 21.8 Å². The van der Waals surface area contributed by atoms with E-state index in [0.29, 0.717) is 18.3 Å². The van der Waals surface area contributed by atoms with Crippen LogP contribution >= 0.6 is 15.9 Å². The minimum atomic E-state index is -0.0922. The second-order valence-electron chi connectivity index (χ2n) is 4.50. The predicted molar refractivity (Wildman–Crippen MR) is 74.5 cm³/mol. The molecule has 1 atom stereocenters. The summed E-state index contributed by atoms with van der Waals surface area (Å²) < 4.78 is 0.881. The number of pyridine rings is 1. The van der Waals surface area contributed by atoms with Crippen LogP contribution in [-0.2, 0) is 0 Å². The lowest BCUT2D eigenvalue weighted by Gasteiger charge is -2.22. The van der Waals surface area contributed by atoms with Gasteiger partial charge >= 0.3 is 0 Å². The van der Waals surface area contributed by atoms with Crippen molar-refractivity contribution in [2.45, 2.75) is 25.8 Å². The zero-order valence-electron chi connectivity index (χ0n) is 10.5. The van der Waals surface area contributed by atoms with Crippen LogP contribution in [0.3, 0.4) is 0 Å². The van der Waals surface area contributed by atoms with E-state index >= 15 is 0 Å². The summed E-state index contributed by atoms with van der Waals surface area (Å²) in [4.78, 5) is 18.4. The monoisotopic (exact) mass is 311 g/mol. The second-order valence-corrected chi connectivity index (χ2v) is 5.41. The molecule has 1 N–H and O–H groups in total. The lowest BCUT2D eigenvalue weighted by molar-refractivity contribution is 0.0936. The fourth-order valence-corrected chi connectivity index (χ4v) is 2.59. The van der Waals surface area contributed by atoms with Crippen LogP contribution in [-0.4, -0.2) is 41.5 Å². The maximum atomic E-state index is 11.9. The standard InChI is InChI=1S/C13H18BrN3O/c1-2-17-7-3-4-11(17)9-16-13(18)12-6-5-10(14)8-15-12/h5-6,8,11H,2-4,7,9H2,1H3,(H,16,18). The number of nitrogens with one attached hydrogen (secondary N) is 1. The van der Waals surface area contributed by atoms with Gasteiger partial charge in [-0.05, 0) is 54.0 Å². The Labute approximate surface area is 116 Å². The number of carbonyl (C=O) groups is 1. The molecule has 1 aliphatic heterocycles. The van der Waals surface area contributed by atoms with E-state index in [0.717, 1.165) is 17.6 Å². The summed E-state index contributed by atoms with van der Waals surface area (Å²) in [6, 6.07) is 4.04. The summed E-state index contributed by atoms with van der Waals surface area (Å²) in [7, 11) is 0. The smallest absolute Gasteiger partial charge is 0.269 e. The van der Waals surface area contributed by atoms with E-state index in [1.54, 1.807) is 12.3 Å². The highest BCUT2D eigenvalue weighted by Gasteiger charge is 2.23. The number of hydrogen-bond acceptors (Lipinski definition) is 3. The Morgan fingerprint density at radius 1 is 1.61 bits per heavy atom. The largest absolute Gasteiger partial charge is 0.349 e. The number of amides is 1. The first-order chi connectivity index (χ1) is 8.70. The molecule has 0 saturated carbocycles. The van der Waals surface area contributed by atoms with E-state index in [1.165, 1.54) is 12.8 Å². The van der Waals surface area contributed by atoms with E-state index in [-0.39, 0.29) is 5.91 Å². The van der Waals surface area contributed by atoms with E-state index in [2.05, 4.69) is 38.1 Å². The second kappa shape index (κ2) is 6.29. The number of rotatable bonds is 4. The van der Waals surface area contributed by atoms with Crippen molar-refractivity contribution < 1.29 is 4.79 Å². The molecule has 5 heteroatoms. The number of nitrogens with zero attached hydrogens (tertiary/aromatic N) is 2. The summed E-state index contributed by atoms with van der Waals surface area (Å²) in [5.74, 6) is -0.0922. The van der Waals surface area contributed by atoms with Crippen molar-refractivity contribution in [3.63, 3.8) is 0 Å². The summed E-state index contributed by atoms with van der Waals surface area (Å²) >= 11 is 3.30. The quantitative estimate of drug-likeness (QED) is 0.925. The van der Waals surface area contributed by atoms with E-state index in [1.807, 2.05) is 6.07 Å². The van der Waals surface area contributed by atoms with Crippen molar-refractivity contribution in [1.82, 2.24) is 15.2 Å². The van der Waals surface area contributed by atoms with Crippen LogP contribution in [0, 0.1) is 0 Å². The SMILES string of the molecule is CCN1CCCC1CNC(=O)c1ccc(Br)cn1. The van der Waals surface area contributed by atoms with E-state index in [9.17, 15) is 4.79 Å². The average molecular weight is 312 g/mol. The maximum absolute atomic E-state index is 11.9. The zero-order valence-corrected chi connectivity index (χ0v) is 12.1. The molecule has 1 aromatic heterocycles. The summed E-state index contributed by atoms with van der Waals surface area (Å²) in [6.45, 7) is 5.07. The van der Waals surface area contributed by atoms with Gasteiger partial charge in [-0.2, -0.15) is 0 Å². The molecular formula is C13H18BrN3O. The van der Waals surface area contributed by atoms with Gasteiger partial charge in [0.05, 0.1) is 0 Å². The Morgan fingerprint density at radius 3 is 3.11 bits per heavy atom. The Balaban J connectivity index is 1.86. The predicted octanol–water partition coefficient (Wildman–Crippen LogP) is 2.06. The van der Waals surface area contributed by atoms with Gasteiger partial charge in [0.15, 0.2) is 0 Å². The van der Waals surface area contributed by atoms with Gasteiger partial charge in [0, 0.05) is 23.3 Å². The highest BCUT2D eigenvalue weighted by molar-refractivity contribution is 9.10. The van der Waals surface area contributed by atoms with Crippen molar-refractivity contribution in [3.05, 3.63) is 28.5 Å². The number of aromatic nitrogens is 1. The van der Waals surface area contributed by atoms with Crippen molar-refractivity contribution in [2.75, 3.05) is 19.6 Å². The third-order valence-corrected chi connectivity index (χ3v) is 3.83. The van der Waals surface area contributed by atoms with Gasteiger partial charge in [-0.25, -0.2) is 4.98 Å². The minimum Gasteiger partial charge on any atom is -0.349 e. The Morgan fingerprint density at radius 2 is 2.44 bits per heavy atom. The molecule has 0 aliphatic carbocycles. The first-order valence-corrected chi connectivity index (χ1v) is 7.14. The van der Waals surface area contributed by atoms with Crippen LogP contribution in [0.5, 0.6) is 0 Å². The Hall–Kier alpha value is -0.940. The van der Waals surface area contributed by atoms with Gasteiger partial charge < -0.3 is 5.32 Å². The van der Waals surface area contributed by atoms with Crippen LogP contribution in [0.15, 0.2) is 22.8 Å². The number of halogens is 1. The van der Waals surface area contributed by atoms with Gasteiger partial charge in [0.1, 0.15) is 5.69 Å². The van der Waals surface area contributed by atoms with Crippen LogP contribution in [0.1, 0.15) is 30.3 Å². The zero-order chi connectivity index (χ0) is 13.0. The van der Waals surface area contributed by atoms with Crippen molar-refractivity contribution in [1.29, 1.82) is 0 Å². The van der Waals surface area contributed by atoms with Crippen LogP contribution in [0.2, 0.25) is 0 Å². The molecule has 1 aliphatic rings. The topological polar surface area (TPSA) is 45.2 Å². The van der Waals surface area contributed by atoms with Crippen LogP contribution < -0.4 is 5.32 Å². The minimum absolute atomic E-state index is 0.0922.